The number of benzene rings is 2. The number of rotatable bonds is 10. The molecule has 4 rings (SSSR count). The molecule has 7 heteroatoms. The molecule has 0 aliphatic carbocycles. The maximum Gasteiger partial charge on any atom is 0.310 e. The maximum atomic E-state index is 11.9. The Morgan fingerprint density at radius 3 is 2.88 bits per heavy atom. The second-order valence-electron chi connectivity index (χ2n) is 8.30. The minimum atomic E-state index is -0.260. The number of likely N-dealkylation sites (tertiary alicyclic amines) is 1. The van der Waals surface area contributed by atoms with Crippen molar-refractivity contribution in [3.8, 4) is 5.75 Å². The molecular formula is C26H30BrNO5. The van der Waals surface area contributed by atoms with Gasteiger partial charge in [0.1, 0.15) is 17.9 Å². The van der Waals surface area contributed by atoms with Crippen LogP contribution in [0.3, 0.4) is 0 Å². The van der Waals surface area contributed by atoms with Gasteiger partial charge >= 0.3 is 5.97 Å². The van der Waals surface area contributed by atoms with Gasteiger partial charge in [0.05, 0.1) is 25.9 Å². The summed E-state index contributed by atoms with van der Waals surface area (Å²) in [6, 6.07) is 12.2. The van der Waals surface area contributed by atoms with E-state index in [0.29, 0.717) is 25.0 Å². The summed E-state index contributed by atoms with van der Waals surface area (Å²) >= 11 is 3.67. The van der Waals surface area contributed by atoms with E-state index in [1.54, 1.807) is 20.3 Å². The van der Waals surface area contributed by atoms with Gasteiger partial charge in [-0.15, -0.1) is 0 Å². The molecule has 0 N–H and O–H groups in total. The van der Waals surface area contributed by atoms with E-state index in [-0.39, 0.29) is 12.4 Å². The van der Waals surface area contributed by atoms with Crippen LogP contribution in [0.15, 0.2) is 51.6 Å². The second kappa shape index (κ2) is 11.2. The van der Waals surface area contributed by atoms with Gasteiger partial charge in [-0.2, -0.15) is 0 Å². The van der Waals surface area contributed by atoms with Gasteiger partial charge in [-0.05, 0) is 44.5 Å². The van der Waals surface area contributed by atoms with Crippen molar-refractivity contribution in [3.63, 3.8) is 0 Å². The molecule has 0 bridgehead atoms. The van der Waals surface area contributed by atoms with E-state index in [1.807, 2.05) is 24.3 Å². The molecule has 0 unspecified atom stereocenters. The minimum absolute atomic E-state index is 0.185. The average Bonchev–Trinajstić information content (AvgIpc) is 3.40. The van der Waals surface area contributed by atoms with Crippen LogP contribution in [0.4, 0.5) is 0 Å². The Morgan fingerprint density at radius 1 is 1.21 bits per heavy atom. The van der Waals surface area contributed by atoms with Gasteiger partial charge in [0.15, 0.2) is 0 Å². The van der Waals surface area contributed by atoms with E-state index in [0.717, 1.165) is 58.2 Å². The van der Waals surface area contributed by atoms with Crippen LogP contribution in [0.5, 0.6) is 5.75 Å². The predicted molar refractivity (Wildman–Crippen MR) is 130 cm³/mol. The minimum Gasteiger partial charge on any atom is -0.488 e. The van der Waals surface area contributed by atoms with Crippen LogP contribution in [0.25, 0.3) is 11.0 Å². The van der Waals surface area contributed by atoms with E-state index in [1.165, 1.54) is 6.42 Å². The first-order chi connectivity index (χ1) is 16.1. The summed E-state index contributed by atoms with van der Waals surface area (Å²) in [6.45, 7) is 5.15. The van der Waals surface area contributed by atoms with Crippen molar-refractivity contribution in [2.24, 2.45) is 0 Å². The maximum absolute atomic E-state index is 11.9. The van der Waals surface area contributed by atoms with Gasteiger partial charge in [0, 0.05) is 46.2 Å². The van der Waals surface area contributed by atoms with Crippen LogP contribution in [0.1, 0.15) is 36.5 Å². The van der Waals surface area contributed by atoms with Crippen LogP contribution in [0.2, 0.25) is 0 Å². The summed E-state index contributed by atoms with van der Waals surface area (Å²) in [5, 5.41) is 1.03. The Hall–Kier alpha value is -2.35. The fourth-order valence-electron chi connectivity index (χ4n) is 4.47. The van der Waals surface area contributed by atoms with Gasteiger partial charge in [-0.3, -0.25) is 9.69 Å². The molecule has 0 spiro atoms. The second-order valence-corrected chi connectivity index (χ2v) is 9.22. The number of carbonyl (C=O) groups excluding carboxylic acids is 1. The summed E-state index contributed by atoms with van der Waals surface area (Å²) < 4.78 is 23.7. The summed E-state index contributed by atoms with van der Waals surface area (Å²) in [6.07, 6.45) is 4.30. The number of hydrogen-bond acceptors (Lipinski definition) is 6. The number of nitrogens with zero attached hydrogens (tertiary/aromatic N) is 1. The van der Waals surface area contributed by atoms with Crippen LogP contribution < -0.4 is 4.74 Å². The van der Waals surface area contributed by atoms with E-state index in [9.17, 15) is 4.79 Å². The predicted octanol–water partition coefficient (Wildman–Crippen LogP) is 5.49. The number of ether oxygens (including phenoxy) is 3. The van der Waals surface area contributed by atoms with Gasteiger partial charge in [0.2, 0.25) is 0 Å². The van der Waals surface area contributed by atoms with Gasteiger partial charge in [0.25, 0.3) is 0 Å². The fourth-order valence-corrected chi connectivity index (χ4v) is 4.97. The Labute approximate surface area is 202 Å². The highest BCUT2D eigenvalue weighted by Gasteiger charge is 2.25. The number of para-hydroxylation sites is 1. The number of carbonyl (C=O) groups is 1. The molecule has 1 aromatic heterocycles. The standard InChI is InChI=1S/C26H30BrNO5/c1-3-31-25(29)12-18-7-4-5-9-24(18)32-15-20-16-33-26-19(11-21(27)13-23(20)26)14-28-10-6-8-22(28)17-30-2/h4-5,7,9,11,13,16,22H,3,6,8,10,12,14-15,17H2,1-2H3/t22-/m1/s1. The van der Waals surface area contributed by atoms with Crippen molar-refractivity contribution in [1.82, 2.24) is 4.90 Å². The molecule has 1 atom stereocenters. The first-order valence-corrected chi connectivity index (χ1v) is 12.2. The van der Waals surface area contributed by atoms with E-state index in [4.69, 9.17) is 18.6 Å². The van der Waals surface area contributed by atoms with Gasteiger partial charge < -0.3 is 18.6 Å². The quantitative estimate of drug-likeness (QED) is 0.332. The lowest BCUT2D eigenvalue weighted by molar-refractivity contribution is -0.142. The third-order valence-electron chi connectivity index (χ3n) is 6.02. The molecule has 3 aromatic rings. The van der Waals surface area contributed by atoms with Crippen molar-refractivity contribution in [2.75, 3.05) is 26.9 Å². The highest BCUT2D eigenvalue weighted by molar-refractivity contribution is 9.10. The lowest BCUT2D eigenvalue weighted by Crippen LogP contribution is -2.32. The van der Waals surface area contributed by atoms with Crippen molar-refractivity contribution in [2.45, 2.75) is 45.4 Å². The molecular weight excluding hydrogens is 486 g/mol. The molecule has 0 radical (unpaired) electrons. The molecule has 0 saturated carbocycles. The molecule has 1 aliphatic heterocycles. The summed E-state index contributed by atoms with van der Waals surface area (Å²) in [4.78, 5) is 14.4. The van der Waals surface area contributed by atoms with Gasteiger partial charge in [-0.25, -0.2) is 0 Å². The van der Waals surface area contributed by atoms with Gasteiger partial charge in [-0.1, -0.05) is 34.1 Å². The molecule has 2 aromatic carbocycles. The zero-order valence-corrected chi connectivity index (χ0v) is 20.7. The normalized spacial score (nSPS) is 16.4. The topological polar surface area (TPSA) is 61.1 Å². The Morgan fingerprint density at radius 2 is 2.06 bits per heavy atom. The average molecular weight is 516 g/mol. The van der Waals surface area contributed by atoms with Crippen LogP contribution in [0, 0.1) is 0 Å². The SMILES string of the molecule is CCOC(=O)Cc1ccccc1OCc1coc2c(CN3CCC[C@@H]3COC)cc(Br)cc12. The highest BCUT2D eigenvalue weighted by atomic mass is 79.9. The van der Waals surface area contributed by atoms with Crippen LogP contribution in [-0.4, -0.2) is 43.8 Å². The summed E-state index contributed by atoms with van der Waals surface area (Å²) in [7, 11) is 1.76. The Bertz CT molecular complexity index is 1100. The van der Waals surface area contributed by atoms with E-state index >= 15 is 0 Å². The number of furan rings is 1. The lowest BCUT2D eigenvalue weighted by Gasteiger charge is -2.24. The first kappa shape index (κ1) is 23.8. The zero-order valence-electron chi connectivity index (χ0n) is 19.1. The highest BCUT2D eigenvalue weighted by Crippen LogP contribution is 2.32. The Balaban J connectivity index is 1.52. The largest absolute Gasteiger partial charge is 0.488 e. The number of esters is 1. The third kappa shape index (κ3) is 5.78. The van der Waals surface area contributed by atoms with Crippen molar-refractivity contribution >= 4 is 32.9 Å². The first-order valence-electron chi connectivity index (χ1n) is 11.4. The molecule has 1 saturated heterocycles. The van der Waals surface area contributed by atoms with Crippen molar-refractivity contribution < 1.29 is 23.4 Å². The fraction of sp³-hybridized carbons (Fsp3) is 0.423. The molecule has 33 heavy (non-hydrogen) atoms. The third-order valence-corrected chi connectivity index (χ3v) is 6.48. The molecule has 1 fully saturated rings. The number of halogens is 1. The molecule has 0 amide bonds. The molecule has 1 aliphatic rings. The number of fused-ring (bicyclic) bond motifs is 1. The molecule has 6 nitrogen and oxygen atoms in total. The van der Waals surface area contributed by atoms with E-state index < -0.39 is 0 Å². The number of methoxy groups -OCH3 is 1. The van der Waals surface area contributed by atoms with E-state index in [2.05, 4.69) is 33.0 Å². The smallest absolute Gasteiger partial charge is 0.310 e. The molecule has 176 valence electrons. The molecule has 2 heterocycles. The lowest BCUT2D eigenvalue weighted by atomic mass is 10.1. The van der Waals surface area contributed by atoms with Crippen molar-refractivity contribution in [3.05, 3.63) is 63.8 Å². The van der Waals surface area contributed by atoms with Crippen LogP contribution in [-0.2, 0) is 33.8 Å². The zero-order chi connectivity index (χ0) is 23.2. The van der Waals surface area contributed by atoms with Crippen LogP contribution >= 0.6 is 15.9 Å². The van der Waals surface area contributed by atoms with Crippen molar-refractivity contribution in [1.29, 1.82) is 0 Å². The Kier molecular flexibility index (Phi) is 8.06. The summed E-state index contributed by atoms with van der Waals surface area (Å²) in [5.74, 6) is 0.416. The monoisotopic (exact) mass is 515 g/mol. The number of hydrogen-bond donors (Lipinski definition) is 0. The summed E-state index contributed by atoms with van der Waals surface area (Å²) in [5.41, 5.74) is 3.81.